The maximum atomic E-state index is 15.0. The van der Waals surface area contributed by atoms with Crippen molar-refractivity contribution in [2.75, 3.05) is 26.0 Å². The number of carbonyl (C=O) groups is 2. The smallest absolute Gasteiger partial charge is 0.405 e. The van der Waals surface area contributed by atoms with Gasteiger partial charge in [0.15, 0.2) is 6.40 Å². The van der Waals surface area contributed by atoms with E-state index in [0.717, 1.165) is 30.7 Å². The monoisotopic (exact) mass is 629 g/mol. The number of hydrogen-bond acceptors (Lipinski definition) is 7. The van der Waals surface area contributed by atoms with Crippen LogP contribution in [-0.2, 0) is 4.74 Å². The van der Waals surface area contributed by atoms with Crippen molar-refractivity contribution in [3.63, 3.8) is 0 Å². The number of aliphatic imine (C=N–C) groups is 1. The lowest BCUT2D eigenvalue weighted by Gasteiger charge is -2.26. The van der Waals surface area contributed by atoms with Crippen LogP contribution in [-0.4, -0.2) is 55.6 Å². The number of halogens is 5. The Morgan fingerprint density at radius 2 is 1.71 bits per heavy atom. The van der Waals surface area contributed by atoms with E-state index < -0.39 is 47.3 Å². The predicted molar refractivity (Wildman–Crippen MR) is 159 cm³/mol. The van der Waals surface area contributed by atoms with E-state index in [2.05, 4.69) is 32.5 Å². The molecule has 2 aromatic heterocycles. The molecule has 0 fully saturated rings. The van der Waals surface area contributed by atoms with Crippen molar-refractivity contribution >= 4 is 35.1 Å². The van der Waals surface area contributed by atoms with Crippen LogP contribution in [0.25, 0.3) is 33.6 Å². The molecule has 14 heteroatoms. The standard InChI is InChI=1S/C31H28F5N5O4/c1-16(39-15-44-5)30(2,3)41-27(42)21-12-18(8-11-23(21)33)20-13-22-24(28(43)37-4)25(17-6-9-19(32)10-7-17)45-29(22)40-26(20)38-14-31(34,35)36/h6-13,15H,1,14H2,2-5H3,(H,37,43)(H,38,40)(H,41,42)/b39-15-. The van der Waals surface area contributed by atoms with Crippen LogP contribution in [0.5, 0.6) is 0 Å². The van der Waals surface area contributed by atoms with Crippen molar-refractivity contribution in [2.24, 2.45) is 4.99 Å². The molecule has 0 spiro atoms. The van der Waals surface area contributed by atoms with Gasteiger partial charge in [-0.05, 0) is 61.9 Å². The third-order valence-corrected chi connectivity index (χ3v) is 6.68. The maximum absolute atomic E-state index is 15.0. The highest BCUT2D eigenvalue weighted by Crippen LogP contribution is 2.38. The highest BCUT2D eigenvalue weighted by molar-refractivity contribution is 6.11. The number of alkyl halides is 3. The number of anilines is 1. The van der Waals surface area contributed by atoms with E-state index in [1.54, 1.807) is 13.8 Å². The summed E-state index contributed by atoms with van der Waals surface area (Å²) in [7, 11) is 2.74. The van der Waals surface area contributed by atoms with Gasteiger partial charge >= 0.3 is 6.18 Å². The lowest BCUT2D eigenvalue weighted by molar-refractivity contribution is -0.115. The fourth-order valence-electron chi connectivity index (χ4n) is 4.28. The van der Waals surface area contributed by atoms with E-state index in [1.807, 2.05) is 0 Å². The number of hydrogen-bond donors (Lipinski definition) is 3. The normalized spacial score (nSPS) is 11.9. The number of rotatable bonds is 10. The first-order valence-corrected chi connectivity index (χ1v) is 13.3. The summed E-state index contributed by atoms with van der Waals surface area (Å²) in [6.07, 6.45) is -3.53. The van der Waals surface area contributed by atoms with Crippen molar-refractivity contribution < 1.29 is 40.7 Å². The summed E-state index contributed by atoms with van der Waals surface area (Å²) >= 11 is 0. The molecule has 4 rings (SSSR count). The first-order chi connectivity index (χ1) is 21.1. The van der Waals surface area contributed by atoms with Gasteiger partial charge in [-0.1, -0.05) is 12.6 Å². The van der Waals surface area contributed by atoms with E-state index in [-0.39, 0.29) is 45.1 Å². The fourth-order valence-corrected chi connectivity index (χ4v) is 4.28. The van der Waals surface area contributed by atoms with Gasteiger partial charge in [-0.3, -0.25) is 9.59 Å². The van der Waals surface area contributed by atoms with Crippen LogP contribution in [0.1, 0.15) is 34.6 Å². The van der Waals surface area contributed by atoms with Crippen molar-refractivity contribution in [1.82, 2.24) is 15.6 Å². The highest BCUT2D eigenvalue weighted by Gasteiger charge is 2.30. The van der Waals surface area contributed by atoms with Gasteiger partial charge in [-0.2, -0.15) is 18.2 Å². The summed E-state index contributed by atoms with van der Waals surface area (Å²) in [6.45, 7) is 5.46. The number of ether oxygens (including phenoxy) is 1. The zero-order chi connectivity index (χ0) is 33.1. The SMILES string of the molecule is C=C(/N=C\OC)C(C)(C)NC(=O)c1cc(-c2cc3c(C(=O)NC)c(-c4ccc(F)cc4)oc3nc2NCC(F)(F)F)ccc1F. The van der Waals surface area contributed by atoms with Crippen molar-refractivity contribution in [3.05, 3.63) is 83.6 Å². The van der Waals surface area contributed by atoms with Crippen molar-refractivity contribution in [3.8, 4) is 22.5 Å². The Bertz CT molecular complexity index is 1800. The van der Waals surface area contributed by atoms with Gasteiger partial charge in [-0.25, -0.2) is 13.8 Å². The zero-order valence-corrected chi connectivity index (χ0v) is 24.5. The summed E-state index contributed by atoms with van der Waals surface area (Å²) < 4.78 is 79.0. The van der Waals surface area contributed by atoms with E-state index in [1.165, 1.54) is 38.4 Å². The number of nitrogens with one attached hydrogen (secondary N) is 3. The van der Waals surface area contributed by atoms with Crippen LogP contribution in [0.2, 0.25) is 0 Å². The molecule has 0 radical (unpaired) electrons. The van der Waals surface area contributed by atoms with Crippen LogP contribution >= 0.6 is 0 Å². The number of nitrogens with zero attached hydrogens (tertiary/aromatic N) is 2. The van der Waals surface area contributed by atoms with Gasteiger partial charge in [0.25, 0.3) is 11.8 Å². The Balaban J connectivity index is 1.89. The largest absolute Gasteiger partial charge is 0.486 e. The molecular weight excluding hydrogens is 601 g/mol. The number of aromatic nitrogens is 1. The number of methoxy groups -OCH3 is 1. The van der Waals surface area contributed by atoms with Gasteiger partial charge < -0.3 is 25.1 Å². The number of benzene rings is 2. The maximum Gasteiger partial charge on any atom is 0.405 e. The van der Waals surface area contributed by atoms with Gasteiger partial charge in [0.05, 0.1) is 34.9 Å². The summed E-state index contributed by atoms with van der Waals surface area (Å²) in [5.74, 6) is -3.25. The van der Waals surface area contributed by atoms with E-state index >= 15 is 4.39 Å². The molecule has 2 aromatic carbocycles. The second-order valence-electron chi connectivity index (χ2n) is 10.3. The topological polar surface area (TPSA) is 118 Å². The number of fused-ring (bicyclic) bond motifs is 1. The van der Waals surface area contributed by atoms with Crippen LogP contribution in [0.4, 0.5) is 27.8 Å². The minimum absolute atomic E-state index is 0.00535. The first kappa shape index (κ1) is 32.6. The molecule has 45 heavy (non-hydrogen) atoms. The molecule has 0 aliphatic carbocycles. The number of pyridine rings is 1. The van der Waals surface area contributed by atoms with Gasteiger partial charge in [0.1, 0.15) is 29.8 Å². The van der Waals surface area contributed by atoms with Crippen molar-refractivity contribution in [2.45, 2.75) is 25.6 Å². The highest BCUT2D eigenvalue weighted by atomic mass is 19.4. The van der Waals surface area contributed by atoms with Gasteiger partial charge in [0.2, 0.25) is 5.71 Å². The quantitative estimate of drug-likeness (QED) is 0.105. The molecule has 0 saturated carbocycles. The second kappa shape index (κ2) is 12.8. The van der Waals surface area contributed by atoms with Crippen LogP contribution in [0.15, 0.2) is 70.2 Å². The number of amides is 2. The van der Waals surface area contributed by atoms with Crippen LogP contribution < -0.4 is 16.0 Å². The Morgan fingerprint density at radius 1 is 1.04 bits per heavy atom. The molecule has 236 valence electrons. The molecule has 0 atom stereocenters. The van der Waals surface area contributed by atoms with Crippen LogP contribution in [0.3, 0.4) is 0 Å². The fraction of sp³-hybridized carbons (Fsp3) is 0.226. The third kappa shape index (κ3) is 7.28. The van der Waals surface area contributed by atoms with E-state index in [4.69, 9.17) is 9.15 Å². The van der Waals surface area contributed by atoms with E-state index in [9.17, 15) is 27.2 Å². The molecule has 0 saturated heterocycles. The first-order valence-electron chi connectivity index (χ1n) is 13.3. The molecule has 4 aromatic rings. The number of furan rings is 1. The Hall–Kier alpha value is -5.27. The lowest BCUT2D eigenvalue weighted by Crippen LogP contribution is -2.44. The molecule has 2 amide bonds. The predicted octanol–water partition coefficient (Wildman–Crippen LogP) is 6.47. The molecule has 0 aliphatic heterocycles. The molecule has 0 unspecified atom stereocenters. The second-order valence-corrected chi connectivity index (χ2v) is 10.3. The van der Waals surface area contributed by atoms with Gasteiger partial charge in [0, 0.05) is 18.2 Å². The minimum Gasteiger partial charge on any atom is -0.486 e. The average molecular weight is 630 g/mol. The molecule has 0 bridgehead atoms. The Labute approximate surface area is 254 Å². The Morgan fingerprint density at radius 3 is 2.33 bits per heavy atom. The molecule has 0 aliphatic rings. The van der Waals surface area contributed by atoms with Crippen LogP contribution in [0, 0.1) is 11.6 Å². The number of carbonyl (C=O) groups excluding carboxylic acids is 2. The zero-order valence-electron chi connectivity index (χ0n) is 24.5. The molecule has 3 N–H and O–H groups in total. The summed E-state index contributed by atoms with van der Waals surface area (Å²) in [5, 5.41) is 7.43. The molecule has 9 nitrogen and oxygen atoms in total. The summed E-state index contributed by atoms with van der Waals surface area (Å²) in [5.41, 5.74) is -1.19. The summed E-state index contributed by atoms with van der Waals surface area (Å²) in [6, 6.07) is 9.75. The third-order valence-electron chi connectivity index (χ3n) is 6.68. The molecular formula is C31H28F5N5O4. The molecule has 2 heterocycles. The van der Waals surface area contributed by atoms with E-state index in [0.29, 0.717) is 5.56 Å². The van der Waals surface area contributed by atoms with Crippen molar-refractivity contribution in [1.29, 1.82) is 0 Å². The Kier molecular flexibility index (Phi) is 9.26. The van der Waals surface area contributed by atoms with Gasteiger partial charge in [-0.15, -0.1) is 0 Å². The summed E-state index contributed by atoms with van der Waals surface area (Å²) in [4.78, 5) is 34.4. The average Bonchev–Trinajstić information content (AvgIpc) is 3.36. The minimum atomic E-state index is -4.64. The lowest BCUT2D eigenvalue weighted by atomic mass is 9.98.